The fourth-order valence-electron chi connectivity index (χ4n) is 2.11. The zero-order chi connectivity index (χ0) is 13.7. The van der Waals surface area contributed by atoms with Gasteiger partial charge in [-0.05, 0) is 12.5 Å². The van der Waals surface area contributed by atoms with Crippen molar-refractivity contribution in [3.05, 3.63) is 48.0 Å². The van der Waals surface area contributed by atoms with Crippen LogP contribution in [0, 0.1) is 11.3 Å². The monoisotopic (exact) mass is 255 g/mol. The second kappa shape index (κ2) is 6.12. The molecule has 2 rings (SSSR count). The van der Waals surface area contributed by atoms with Crippen molar-refractivity contribution in [2.45, 2.75) is 25.4 Å². The van der Waals surface area contributed by atoms with E-state index in [-0.39, 0.29) is 12.1 Å². The number of nitrogens with zero attached hydrogens (tertiary/aromatic N) is 4. The molecule has 0 saturated carbocycles. The maximum absolute atomic E-state index is 8.97. The predicted octanol–water partition coefficient (Wildman–Crippen LogP) is 2.12. The molecule has 2 aromatic rings. The Labute approximate surface area is 112 Å². The molecule has 1 aromatic carbocycles. The van der Waals surface area contributed by atoms with Crippen molar-refractivity contribution in [3.63, 3.8) is 0 Å². The van der Waals surface area contributed by atoms with Crippen molar-refractivity contribution in [2.24, 2.45) is 7.05 Å². The van der Waals surface area contributed by atoms with Gasteiger partial charge in [0.15, 0.2) is 0 Å². The lowest BCUT2D eigenvalue weighted by Crippen LogP contribution is -2.26. The molecule has 2 unspecified atom stereocenters. The fraction of sp³-hybridized carbons (Fsp3) is 0.357. The molecule has 1 aromatic heterocycles. The molecule has 0 radical (unpaired) electrons. The topological polar surface area (TPSA) is 66.5 Å². The number of rotatable bonds is 5. The van der Waals surface area contributed by atoms with Crippen molar-refractivity contribution < 1.29 is 0 Å². The Bertz CT molecular complexity index is 555. The third-order valence-corrected chi connectivity index (χ3v) is 3.08. The summed E-state index contributed by atoms with van der Waals surface area (Å²) in [5.74, 6) is 0.860. The molecule has 19 heavy (non-hydrogen) atoms. The molecule has 1 N–H and O–H groups in total. The van der Waals surface area contributed by atoms with Crippen LogP contribution in [0.4, 0.5) is 0 Å². The smallest absolute Gasteiger partial charge is 0.149 e. The van der Waals surface area contributed by atoms with Crippen LogP contribution in [0.5, 0.6) is 0 Å². The number of benzene rings is 1. The van der Waals surface area contributed by atoms with Crippen LogP contribution >= 0.6 is 0 Å². The van der Waals surface area contributed by atoms with Gasteiger partial charge in [-0.1, -0.05) is 30.3 Å². The summed E-state index contributed by atoms with van der Waals surface area (Å²) in [7, 11) is 1.91. The van der Waals surface area contributed by atoms with Gasteiger partial charge in [0.25, 0.3) is 0 Å². The highest BCUT2D eigenvalue weighted by atomic mass is 15.3. The van der Waals surface area contributed by atoms with Gasteiger partial charge in [-0.3, -0.25) is 5.32 Å². The van der Waals surface area contributed by atoms with Crippen molar-refractivity contribution >= 4 is 0 Å². The Morgan fingerprint density at radius 2 is 2.11 bits per heavy atom. The molecule has 5 heteroatoms. The molecule has 0 aliphatic rings. The summed E-state index contributed by atoms with van der Waals surface area (Å²) in [6.07, 6.45) is 2.10. The third kappa shape index (κ3) is 3.18. The first kappa shape index (κ1) is 13.2. The molecule has 0 spiro atoms. The molecule has 0 fully saturated rings. The van der Waals surface area contributed by atoms with E-state index in [9.17, 15) is 0 Å². The zero-order valence-corrected chi connectivity index (χ0v) is 11.1. The van der Waals surface area contributed by atoms with Crippen LogP contribution in [0.25, 0.3) is 0 Å². The molecule has 0 bridgehead atoms. The van der Waals surface area contributed by atoms with Gasteiger partial charge in [-0.2, -0.15) is 5.26 Å². The number of nitrogens with one attached hydrogen (secondary N) is 1. The van der Waals surface area contributed by atoms with E-state index in [2.05, 4.69) is 21.6 Å². The highest BCUT2D eigenvalue weighted by Crippen LogP contribution is 2.20. The first-order valence-corrected chi connectivity index (χ1v) is 6.24. The van der Waals surface area contributed by atoms with Crippen LogP contribution in [0.3, 0.4) is 0 Å². The molecular formula is C14H17N5. The molecule has 0 aliphatic carbocycles. The van der Waals surface area contributed by atoms with Gasteiger partial charge in [-0.15, -0.1) is 10.2 Å². The number of aryl methyl sites for hydroxylation is 1. The molecule has 5 nitrogen and oxygen atoms in total. The molecule has 0 amide bonds. The quantitative estimate of drug-likeness (QED) is 0.888. The van der Waals surface area contributed by atoms with E-state index < -0.39 is 0 Å². The number of aromatic nitrogens is 3. The maximum atomic E-state index is 8.97. The maximum Gasteiger partial charge on any atom is 0.149 e. The van der Waals surface area contributed by atoms with Gasteiger partial charge < -0.3 is 4.57 Å². The van der Waals surface area contributed by atoms with Gasteiger partial charge in [0.1, 0.15) is 12.2 Å². The van der Waals surface area contributed by atoms with Gasteiger partial charge in [0, 0.05) is 13.1 Å². The average molecular weight is 255 g/mol. The SMILES string of the molecule is CC(NC(CC#N)c1ccccc1)c1nncn1C. The van der Waals surface area contributed by atoms with E-state index in [0.717, 1.165) is 11.4 Å². The lowest BCUT2D eigenvalue weighted by molar-refractivity contribution is 0.448. The minimum Gasteiger partial charge on any atom is -0.319 e. The number of hydrogen-bond acceptors (Lipinski definition) is 4. The van der Waals surface area contributed by atoms with Crippen molar-refractivity contribution in [3.8, 4) is 6.07 Å². The van der Waals surface area contributed by atoms with E-state index in [0.29, 0.717) is 6.42 Å². The van der Waals surface area contributed by atoms with E-state index in [4.69, 9.17) is 5.26 Å². The standard InChI is InChI=1S/C14H17N5/c1-11(14-18-16-10-19(14)2)17-13(8-9-15)12-6-4-3-5-7-12/h3-7,10-11,13,17H,8H2,1-2H3. The Kier molecular flexibility index (Phi) is 4.26. The van der Waals surface area contributed by atoms with Gasteiger partial charge in [0.2, 0.25) is 0 Å². The first-order valence-electron chi connectivity index (χ1n) is 6.24. The van der Waals surface area contributed by atoms with Gasteiger partial charge >= 0.3 is 0 Å². The number of nitriles is 1. The molecule has 98 valence electrons. The lowest BCUT2D eigenvalue weighted by atomic mass is 10.0. The predicted molar refractivity (Wildman–Crippen MR) is 72.0 cm³/mol. The summed E-state index contributed by atoms with van der Waals surface area (Å²) in [5, 5.41) is 20.4. The second-order valence-electron chi connectivity index (χ2n) is 4.51. The van der Waals surface area contributed by atoms with Crippen LogP contribution in [-0.2, 0) is 7.05 Å². The summed E-state index contributed by atoms with van der Waals surface area (Å²) >= 11 is 0. The largest absolute Gasteiger partial charge is 0.319 e. The zero-order valence-electron chi connectivity index (χ0n) is 11.1. The summed E-state index contributed by atoms with van der Waals surface area (Å²) < 4.78 is 1.88. The van der Waals surface area contributed by atoms with Crippen LogP contribution < -0.4 is 5.32 Å². The molecular weight excluding hydrogens is 238 g/mol. The van der Waals surface area contributed by atoms with Crippen LogP contribution in [0.15, 0.2) is 36.7 Å². The second-order valence-corrected chi connectivity index (χ2v) is 4.51. The Morgan fingerprint density at radius 3 is 2.68 bits per heavy atom. The van der Waals surface area contributed by atoms with Crippen LogP contribution in [0.1, 0.15) is 36.8 Å². The number of hydrogen-bond donors (Lipinski definition) is 1. The summed E-state index contributed by atoms with van der Waals surface area (Å²) in [6.45, 7) is 2.03. The molecule has 0 saturated heterocycles. The van der Waals surface area contributed by atoms with Crippen molar-refractivity contribution in [1.29, 1.82) is 5.26 Å². The van der Waals surface area contributed by atoms with Gasteiger partial charge in [0.05, 0.1) is 18.5 Å². The summed E-state index contributed by atoms with van der Waals surface area (Å²) in [4.78, 5) is 0. The molecule has 2 atom stereocenters. The summed E-state index contributed by atoms with van der Waals surface area (Å²) in [5.41, 5.74) is 1.11. The van der Waals surface area contributed by atoms with E-state index in [1.165, 1.54) is 0 Å². The minimum atomic E-state index is -0.00194. The highest BCUT2D eigenvalue weighted by Gasteiger charge is 2.17. The average Bonchev–Trinajstić information content (AvgIpc) is 2.85. The highest BCUT2D eigenvalue weighted by molar-refractivity contribution is 5.20. The van der Waals surface area contributed by atoms with E-state index in [1.54, 1.807) is 6.33 Å². The fourth-order valence-corrected chi connectivity index (χ4v) is 2.11. The minimum absolute atomic E-state index is 0.00194. The van der Waals surface area contributed by atoms with Crippen molar-refractivity contribution in [2.75, 3.05) is 0 Å². The van der Waals surface area contributed by atoms with E-state index in [1.807, 2.05) is 48.9 Å². The third-order valence-electron chi connectivity index (χ3n) is 3.08. The Hall–Kier alpha value is -2.19. The first-order chi connectivity index (χ1) is 9.22. The normalized spacial score (nSPS) is 13.7. The molecule has 1 heterocycles. The Balaban J connectivity index is 2.14. The van der Waals surface area contributed by atoms with Gasteiger partial charge in [-0.25, -0.2) is 0 Å². The van der Waals surface area contributed by atoms with Crippen LogP contribution in [0.2, 0.25) is 0 Å². The Morgan fingerprint density at radius 1 is 1.37 bits per heavy atom. The lowest BCUT2D eigenvalue weighted by Gasteiger charge is -2.21. The van der Waals surface area contributed by atoms with Crippen LogP contribution in [-0.4, -0.2) is 14.8 Å². The van der Waals surface area contributed by atoms with Crippen molar-refractivity contribution in [1.82, 2.24) is 20.1 Å². The van der Waals surface area contributed by atoms with E-state index >= 15 is 0 Å². The molecule has 0 aliphatic heterocycles. The summed E-state index contributed by atoms with van der Waals surface area (Å²) in [6, 6.07) is 12.2.